The Morgan fingerprint density at radius 2 is 2.14 bits per heavy atom. The molecule has 4 aliphatic rings. The van der Waals surface area contributed by atoms with Crippen LogP contribution in [0.1, 0.15) is 36.6 Å². The molecule has 3 atom stereocenters. The average Bonchev–Trinajstić information content (AvgIpc) is 3.33. The van der Waals surface area contributed by atoms with Gasteiger partial charge in [-0.25, -0.2) is 4.79 Å². The van der Waals surface area contributed by atoms with Crippen LogP contribution < -0.4 is 9.47 Å². The quantitative estimate of drug-likeness (QED) is 0.769. The van der Waals surface area contributed by atoms with Crippen LogP contribution in [0, 0.1) is 11.8 Å². The first-order chi connectivity index (χ1) is 13.7. The Morgan fingerprint density at radius 1 is 1.29 bits per heavy atom. The molecule has 0 amide bonds. The van der Waals surface area contributed by atoms with E-state index in [4.69, 9.17) is 14.2 Å². The summed E-state index contributed by atoms with van der Waals surface area (Å²) in [5.74, 6) is 2.34. The number of esters is 1. The molecule has 6 rings (SSSR count). The fourth-order valence-electron chi connectivity index (χ4n) is 5.79. The highest BCUT2D eigenvalue weighted by atomic mass is 16.7. The number of piperidine rings is 1. The Bertz CT molecular complexity index is 1010. The van der Waals surface area contributed by atoms with E-state index in [9.17, 15) is 4.79 Å². The van der Waals surface area contributed by atoms with Crippen LogP contribution in [0.2, 0.25) is 0 Å². The van der Waals surface area contributed by atoms with E-state index >= 15 is 0 Å². The Kier molecular flexibility index (Phi) is 3.54. The number of aromatic amines is 1. The number of aromatic nitrogens is 1. The molecule has 28 heavy (non-hydrogen) atoms. The van der Waals surface area contributed by atoms with Gasteiger partial charge in [-0.15, -0.1) is 0 Å². The minimum Gasteiger partial charge on any atom is -0.466 e. The molecule has 1 aromatic carbocycles. The molecule has 0 spiro atoms. The second-order valence-corrected chi connectivity index (χ2v) is 8.36. The molecule has 1 N–H and O–H groups in total. The van der Waals surface area contributed by atoms with E-state index < -0.39 is 0 Å². The van der Waals surface area contributed by atoms with Crippen LogP contribution in [0.4, 0.5) is 0 Å². The second kappa shape index (κ2) is 6.01. The number of ether oxygens (including phenoxy) is 3. The van der Waals surface area contributed by atoms with Crippen molar-refractivity contribution >= 4 is 16.9 Å². The summed E-state index contributed by atoms with van der Waals surface area (Å²) < 4.78 is 16.2. The topological polar surface area (TPSA) is 63.8 Å². The number of hydrogen-bond donors (Lipinski definition) is 1. The molecule has 146 valence electrons. The van der Waals surface area contributed by atoms with Crippen LogP contribution >= 0.6 is 0 Å². The third-order valence-electron chi connectivity index (χ3n) is 7.09. The number of nitrogens with one attached hydrogen (secondary N) is 1. The van der Waals surface area contributed by atoms with Crippen molar-refractivity contribution in [2.45, 2.75) is 31.7 Å². The van der Waals surface area contributed by atoms with Crippen LogP contribution in [0.5, 0.6) is 11.5 Å². The summed E-state index contributed by atoms with van der Waals surface area (Å²) in [6, 6.07) is 4.50. The van der Waals surface area contributed by atoms with E-state index in [0.717, 1.165) is 61.4 Å². The molecule has 1 fully saturated rings. The normalized spacial score (nSPS) is 28.3. The lowest BCUT2D eigenvalue weighted by Gasteiger charge is -2.47. The van der Waals surface area contributed by atoms with Gasteiger partial charge in [-0.2, -0.15) is 0 Å². The summed E-state index contributed by atoms with van der Waals surface area (Å²) in [4.78, 5) is 18.6. The van der Waals surface area contributed by atoms with Gasteiger partial charge in [0.15, 0.2) is 11.5 Å². The van der Waals surface area contributed by atoms with Gasteiger partial charge in [-0.05, 0) is 49.1 Å². The summed E-state index contributed by atoms with van der Waals surface area (Å²) in [6.45, 7) is 2.42. The lowest BCUT2D eigenvalue weighted by molar-refractivity contribution is -0.137. The number of nitrogens with zero attached hydrogens (tertiary/aromatic N) is 1. The van der Waals surface area contributed by atoms with E-state index in [1.54, 1.807) is 0 Å². The van der Waals surface area contributed by atoms with Crippen molar-refractivity contribution < 1.29 is 19.0 Å². The van der Waals surface area contributed by atoms with E-state index in [2.05, 4.69) is 28.1 Å². The lowest BCUT2D eigenvalue weighted by Crippen LogP contribution is -2.47. The number of H-pyrrole nitrogens is 1. The highest BCUT2D eigenvalue weighted by molar-refractivity contribution is 5.90. The summed E-state index contributed by atoms with van der Waals surface area (Å²) >= 11 is 0. The van der Waals surface area contributed by atoms with E-state index in [1.165, 1.54) is 23.8 Å². The fraction of sp³-hybridized carbons (Fsp3) is 0.500. The summed E-state index contributed by atoms with van der Waals surface area (Å²) in [5.41, 5.74) is 4.71. The van der Waals surface area contributed by atoms with E-state index in [0.29, 0.717) is 18.8 Å². The van der Waals surface area contributed by atoms with Crippen molar-refractivity contribution in [1.82, 2.24) is 9.88 Å². The van der Waals surface area contributed by atoms with Crippen LogP contribution in [-0.4, -0.2) is 42.8 Å². The maximum absolute atomic E-state index is 12.3. The summed E-state index contributed by atoms with van der Waals surface area (Å²) in [5, 5.41) is 1.24. The van der Waals surface area contributed by atoms with Gasteiger partial charge in [0.25, 0.3) is 0 Å². The first-order valence-electron chi connectivity index (χ1n) is 10.2. The number of rotatable bonds is 1. The number of methoxy groups -OCH3 is 1. The molecule has 0 bridgehead atoms. The smallest absolute Gasteiger partial charge is 0.333 e. The van der Waals surface area contributed by atoms with Crippen LogP contribution in [0.3, 0.4) is 0 Å². The van der Waals surface area contributed by atoms with Gasteiger partial charge in [-0.1, -0.05) is 6.08 Å². The van der Waals surface area contributed by atoms with Gasteiger partial charge in [0, 0.05) is 41.3 Å². The van der Waals surface area contributed by atoms with Crippen LogP contribution in [0.25, 0.3) is 10.9 Å². The Labute approximate surface area is 163 Å². The zero-order chi connectivity index (χ0) is 18.8. The first kappa shape index (κ1) is 16.5. The maximum atomic E-state index is 12.3. The molecular formula is C22H24N2O4. The van der Waals surface area contributed by atoms with Gasteiger partial charge >= 0.3 is 5.97 Å². The third-order valence-corrected chi connectivity index (χ3v) is 7.09. The molecule has 4 heterocycles. The molecule has 1 saturated heterocycles. The Balaban J connectivity index is 1.40. The van der Waals surface area contributed by atoms with Gasteiger partial charge in [0.05, 0.1) is 13.2 Å². The second-order valence-electron chi connectivity index (χ2n) is 8.36. The predicted molar refractivity (Wildman–Crippen MR) is 103 cm³/mol. The monoisotopic (exact) mass is 380 g/mol. The first-order valence-corrected chi connectivity index (χ1v) is 10.2. The number of hydrogen-bond acceptors (Lipinski definition) is 5. The maximum Gasteiger partial charge on any atom is 0.333 e. The van der Waals surface area contributed by atoms with Gasteiger partial charge in [0.1, 0.15) is 0 Å². The molecule has 0 unspecified atom stereocenters. The van der Waals surface area contributed by atoms with Gasteiger partial charge < -0.3 is 19.2 Å². The molecule has 0 radical (unpaired) electrons. The van der Waals surface area contributed by atoms with Crippen molar-refractivity contribution in [3.05, 3.63) is 35.0 Å². The average molecular weight is 380 g/mol. The number of benzene rings is 1. The highest BCUT2D eigenvalue weighted by Crippen LogP contribution is 2.48. The zero-order valence-electron chi connectivity index (χ0n) is 16.0. The van der Waals surface area contributed by atoms with Crippen molar-refractivity contribution in [3.63, 3.8) is 0 Å². The van der Waals surface area contributed by atoms with Crippen molar-refractivity contribution in [3.8, 4) is 11.5 Å². The molecule has 1 aromatic heterocycles. The predicted octanol–water partition coefficient (Wildman–Crippen LogP) is 3.33. The Morgan fingerprint density at radius 3 is 3.00 bits per heavy atom. The minimum absolute atomic E-state index is 0.151. The van der Waals surface area contributed by atoms with Gasteiger partial charge in [-0.3, -0.25) is 4.90 Å². The summed E-state index contributed by atoms with van der Waals surface area (Å²) in [6.07, 6.45) is 6.26. The zero-order valence-corrected chi connectivity index (χ0v) is 16.0. The fourth-order valence-corrected chi connectivity index (χ4v) is 5.79. The number of carbonyl (C=O) groups is 1. The molecule has 6 nitrogen and oxygen atoms in total. The standard InChI is InChI=1S/C22H24N2O4/c1-26-22(25)14-4-2-3-12-10-24-6-5-13-16-8-19-20(28-11-27-19)9-17(16)23-21(13)18(24)7-15(12)14/h4,8-9,12,15,18,23H,2-3,5-7,10-11H2,1H3/t12-,15-,18-/m0/s1. The number of carbonyl (C=O) groups excluding carboxylic acids is 1. The van der Waals surface area contributed by atoms with Crippen molar-refractivity contribution in [2.24, 2.45) is 11.8 Å². The lowest BCUT2D eigenvalue weighted by atomic mass is 9.70. The molecule has 0 saturated carbocycles. The largest absolute Gasteiger partial charge is 0.466 e. The highest BCUT2D eigenvalue weighted by Gasteiger charge is 2.43. The molecule has 2 aromatic rings. The van der Waals surface area contributed by atoms with Crippen molar-refractivity contribution in [2.75, 3.05) is 27.0 Å². The van der Waals surface area contributed by atoms with Gasteiger partial charge in [0.2, 0.25) is 6.79 Å². The van der Waals surface area contributed by atoms with Crippen LogP contribution in [0.15, 0.2) is 23.8 Å². The molecular weight excluding hydrogens is 356 g/mol. The minimum atomic E-state index is -0.151. The van der Waals surface area contributed by atoms with Crippen molar-refractivity contribution in [1.29, 1.82) is 0 Å². The number of fused-ring (bicyclic) bond motifs is 7. The third kappa shape index (κ3) is 2.27. The number of allylic oxidation sites excluding steroid dienone is 1. The van der Waals surface area contributed by atoms with E-state index in [-0.39, 0.29) is 11.9 Å². The van der Waals surface area contributed by atoms with E-state index in [1.807, 2.05) is 0 Å². The summed E-state index contributed by atoms with van der Waals surface area (Å²) in [7, 11) is 1.49. The molecule has 1 aliphatic carbocycles. The SMILES string of the molecule is COC(=O)C1=CCC[C@H]2CN3CCc4c([nH]c5cc6c(cc45)OCO6)[C@@H]3C[C@H]12. The van der Waals surface area contributed by atoms with Crippen LogP contribution in [-0.2, 0) is 16.0 Å². The molecule has 6 heteroatoms. The molecule has 3 aliphatic heterocycles. The Hall–Kier alpha value is -2.47.